The summed E-state index contributed by atoms with van der Waals surface area (Å²) in [7, 11) is 0. The van der Waals surface area contributed by atoms with E-state index in [1.807, 2.05) is 0 Å². The van der Waals surface area contributed by atoms with E-state index in [-0.39, 0.29) is 12.5 Å². The van der Waals surface area contributed by atoms with Crippen molar-refractivity contribution >= 4 is 21.9 Å². The molecule has 1 fully saturated rings. The lowest BCUT2D eigenvalue weighted by atomic mass is 10.2. The number of halogens is 2. The highest BCUT2D eigenvalue weighted by atomic mass is 79.9. The van der Waals surface area contributed by atoms with Gasteiger partial charge in [-0.2, -0.15) is 0 Å². The van der Waals surface area contributed by atoms with E-state index >= 15 is 0 Å². The molecule has 4 heteroatoms. The normalized spacial score (nSPS) is 25.6. The minimum atomic E-state index is -1.47. The van der Waals surface area contributed by atoms with Crippen molar-refractivity contribution in [2.45, 2.75) is 12.1 Å². The van der Waals surface area contributed by atoms with Gasteiger partial charge in [-0.3, -0.25) is 0 Å². The first-order valence-corrected chi connectivity index (χ1v) is 5.97. The molecule has 0 saturated heterocycles. The van der Waals surface area contributed by atoms with E-state index in [0.717, 1.165) is 0 Å². The standard InChI is InChI=1S/C13H10BrFO2/c14-7-6-11-8-13(11,15)9-17-12(16)10-4-2-1-3-5-10/h1-5,11H,8-9H2/t11-,13-/m0/s1. The zero-order chi connectivity index (χ0) is 12.3. The Morgan fingerprint density at radius 2 is 2.24 bits per heavy atom. The first kappa shape index (κ1) is 12.1. The van der Waals surface area contributed by atoms with Crippen LogP contribution in [-0.4, -0.2) is 18.2 Å². The molecule has 2 atom stereocenters. The summed E-state index contributed by atoms with van der Waals surface area (Å²) >= 11 is 2.92. The third-order valence-corrected chi connectivity index (χ3v) is 2.92. The van der Waals surface area contributed by atoms with E-state index in [0.29, 0.717) is 12.0 Å². The Balaban J connectivity index is 1.87. The first-order valence-electron chi connectivity index (χ1n) is 5.18. The van der Waals surface area contributed by atoms with Crippen molar-refractivity contribution in [3.05, 3.63) is 35.9 Å². The average Bonchev–Trinajstić information content (AvgIpc) is 2.99. The van der Waals surface area contributed by atoms with Crippen molar-refractivity contribution in [2.75, 3.05) is 6.61 Å². The van der Waals surface area contributed by atoms with Crippen molar-refractivity contribution in [1.82, 2.24) is 0 Å². The number of hydrogen-bond donors (Lipinski definition) is 0. The quantitative estimate of drug-likeness (QED) is 0.633. The largest absolute Gasteiger partial charge is 0.459 e. The molecule has 2 nitrogen and oxygen atoms in total. The molecule has 1 aliphatic carbocycles. The smallest absolute Gasteiger partial charge is 0.338 e. The van der Waals surface area contributed by atoms with Gasteiger partial charge in [0.15, 0.2) is 5.67 Å². The maximum absolute atomic E-state index is 13.8. The second-order valence-electron chi connectivity index (χ2n) is 3.97. The average molecular weight is 297 g/mol. The predicted molar refractivity (Wildman–Crippen MR) is 65.4 cm³/mol. The number of ether oxygens (including phenoxy) is 1. The highest BCUT2D eigenvalue weighted by Crippen LogP contribution is 2.47. The van der Waals surface area contributed by atoms with Crippen LogP contribution in [0, 0.1) is 16.7 Å². The number of alkyl halides is 1. The van der Waals surface area contributed by atoms with Crippen LogP contribution < -0.4 is 0 Å². The summed E-state index contributed by atoms with van der Waals surface area (Å²) in [4.78, 5) is 14.0. The molecule has 0 heterocycles. The molecule has 0 aliphatic heterocycles. The van der Waals surface area contributed by atoms with Crippen LogP contribution in [0.3, 0.4) is 0 Å². The number of esters is 1. The molecule has 0 bridgehead atoms. The topological polar surface area (TPSA) is 26.3 Å². The van der Waals surface area contributed by atoms with Gasteiger partial charge in [-0.25, -0.2) is 9.18 Å². The van der Waals surface area contributed by atoms with Crippen LogP contribution in [0.5, 0.6) is 0 Å². The van der Waals surface area contributed by atoms with E-state index in [2.05, 4.69) is 26.7 Å². The van der Waals surface area contributed by atoms with Gasteiger partial charge in [-0.1, -0.05) is 24.1 Å². The van der Waals surface area contributed by atoms with Crippen molar-refractivity contribution < 1.29 is 13.9 Å². The summed E-state index contributed by atoms with van der Waals surface area (Å²) in [6.07, 6.45) is 0.327. The van der Waals surface area contributed by atoms with Gasteiger partial charge in [-0.05, 0) is 17.0 Å². The Labute approximate surface area is 107 Å². The first-order chi connectivity index (χ1) is 8.15. The zero-order valence-electron chi connectivity index (χ0n) is 8.95. The Morgan fingerprint density at radius 3 is 2.88 bits per heavy atom. The lowest BCUT2D eigenvalue weighted by Crippen LogP contribution is -2.17. The Kier molecular flexibility index (Phi) is 3.49. The van der Waals surface area contributed by atoms with Gasteiger partial charge in [0.1, 0.15) is 6.61 Å². The van der Waals surface area contributed by atoms with Crippen LogP contribution in [0.15, 0.2) is 30.3 Å². The van der Waals surface area contributed by atoms with Gasteiger partial charge in [0, 0.05) is 22.4 Å². The van der Waals surface area contributed by atoms with Crippen molar-refractivity contribution in [3.63, 3.8) is 0 Å². The van der Waals surface area contributed by atoms with Crippen molar-refractivity contribution in [1.29, 1.82) is 0 Å². The second kappa shape index (κ2) is 4.89. The van der Waals surface area contributed by atoms with Crippen LogP contribution in [0.2, 0.25) is 0 Å². The van der Waals surface area contributed by atoms with Gasteiger partial charge in [0.05, 0.1) is 11.5 Å². The van der Waals surface area contributed by atoms with Crippen LogP contribution in [0.4, 0.5) is 4.39 Å². The Morgan fingerprint density at radius 1 is 1.53 bits per heavy atom. The fourth-order valence-corrected chi connectivity index (χ4v) is 1.81. The van der Waals surface area contributed by atoms with Crippen LogP contribution in [0.25, 0.3) is 0 Å². The highest BCUT2D eigenvalue weighted by molar-refractivity contribution is 9.12. The third-order valence-electron chi connectivity index (χ3n) is 2.69. The summed E-state index contributed by atoms with van der Waals surface area (Å²) < 4.78 is 18.8. The van der Waals surface area contributed by atoms with E-state index in [1.54, 1.807) is 30.3 Å². The molecule has 88 valence electrons. The molecule has 1 aliphatic rings. The molecular weight excluding hydrogens is 287 g/mol. The molecule has 0 aromatic heterocycles. The van der Waals surface area contributed by atoms with Gasteiger partial charge in [0.25, 0.3) is 0 Å². The van der Waals surface area contributed by atoms with Crippen molar-refractivity contribution in [3.8, 4) is 10.8 Å². The van der Waals surface area contributed by atoms with Crippen LogP contribution in [0.1, 0.15) is 16.8 Å². The van der Waals surface area contributed by atoms with Gasteiger partial charge < -0.3 is 4.74 Å². The maximum Gasteiger partial charge on any atom is 0.338 e. The van der Waals surface area contributed by atoms with E-state index in [1.165, 1.54) is 0 Å². The number of carbonyl (C=O) groups is 1. The highest BCUT2D eigenvalue weighted by Gasteiger charge is 2.56. The fraction of sp³-hybridized carbons (Fsp3) is 0.308. The van der Waals surface area contributed by atoms with Crippen LogP contribution >= 0.6 is 15.9 Å². The lowest BCUT2D eigenvalue weighted by molar-refractivity contribution is 0.0355. The van der Waals surface area contributed by atoms with E-state index in [4.69, 9.17) is 4.74 Å². The molecule has 1 aromatic rings. The Bertz CT molecular complexity index is 477. The molecular formula is C13H10BrFO2. The fourth-order valence-electron chi connectivity index (χ4n) is 1.53. The number of rotatable bonds is 3. The SMILES string of the molecule is O=C(OC[C@@]1(F)C[C@@H]1C#CBr)c1ccccc1. The summed E-state index contributed by atoms with van der Waals surface area (Å²) in [5.41, 5.74) is -1.04. The van der Waals surface area contributed by atoms with Crippen LogP contribution in [-0.2, 0) is 4.74 Å². The summed E-state index contributed by atoms with van der Waals surface area (Å²) in [5, 5.41) is 0. The number of benzene rings is 1. The predicted octanol–water partition coefficient (Wildman–Crippen LogP) is 2.93. The van der Waals surface area contributed by atoms with Gasteiger partial charge in [0.2, 0.25) is 0 Å². The number of carbonyl (C=O) groups excluding carboxylic acids is 1. The lowest BCUT2D eigenvalue weighted by Gasteiger charge is -2.07. The van der Waals surface area contributed by atoms with Crippen molar-refractivity contribution in [2.24, 2.45) is 5.92 Å². The van der Waals surface area contributed by atoms with E-state index in [9.17, 15) is 9.18 Å². The molecule has 1 saturated carbocycles. The molecule has 0 amide bonds. The monoisotopic (exact) mass is 296 g/mol. The van der Waals surface area contributed by atoms with E-state index < -0.39 is 11.6 Å². The summed E-state index contributed by atoms with van der Waals surface area (Å²) in [6.45, 7) is -0.229. The Hall–Kier alpha value is -1.34. The molecule has 17 heavy (non-hydrogen) atoms. The number of hydrogen-bond acceptors (Lipinski definition) is 2. The minimum Gasteiger partial charge on any atom is -0.459 e. The summed E-state index contributed by atoms with van der Waals surface area (Å²) in [5.74, 6) is 1.85. The third kappa shape index (κ3) is 2.86. The van der Waals surface area contributed by atoms with Gasteiger partial charge in [-0.15, -0.1) is 0 Å². The molecule has 2 rings (SSSR count). The molecule has 0 spiro atoms. The molecule has 0 radical (unpaired) electrons. The zero-order valence-corrected chi connectivity index (χ0v) is 10.5. The molecule has 0 unspecified atom stereocenters. The van der Waals surface area contributed by atoms with Gasteiger partial charge >= 0.3 is 5.97 Å². The second-order valence-corrected chi connectivity index (χ2v) is 4.37. The minimum absolute atomic E-state index is 0.229. The molecule has 1 aromatic carbocycles. The molecule has 0 N–H and O–H groups in total. The maximum atomic E-state index is 13.8. The summed E-state index contributed by atoms with van der Waals surface area (Å²) in [6, 6.07) is 8.54.